The Morgan fingerprint density at radius 1 is 0.725 bits per heavy atom. The lowest BCUT2D eigenvalue weighted by atomic mass is 9.90. The van der Waals surface area contributed by atoms with Crippen LogP contribution in [0.3, 0.4) is 0 Å². The van der Waals surface area contributed by atoms with Crippen molar-refractivity contribution in [3.05, 3.63) is 158 Å². The summed E-state index contributed by atoms with van der Waals surface area (Å²) >= 11 is 29.7. The molecule has 91 heavy (non-hydrogen) atoms. The fourth-order valence-corrected chi connectivity index (χ4v) is 12.9. The molecule has 0 saturated carbocycles. The fourth-order valence-electron chi connectivity index (χ4n) is 12.0. The van der Waals surface area contributed by atoms with Gasteiger partial charge in [-0.3, -0.25) is 39.0 Å². The molecule has 0 spiro atoms. The average Bonchev–Trinajstić information content (AvgIpc) is 1.80. The van der Waals surface area contributed by atoms with Crippen molar-refractivity contribution < 1.29 is 23.2 Å². The van der Waals surface area contributed by atoms with Gasteiger partial charge in [0.2, 0.25) is 17.7 Å². The highest BCUT2D eigenvalue weighted by Crippen LogP contribution is 2.34. The summed E-state index contributed by atoms with van der Waals surface area (Å²) in [5.41, 5.74) is 20.4. The third-order valence-corrected chi connectivity index (χ3v) is 19.3. The first-order chi connectivity index (χ1) is 43.6. The lowest BCUT2D eigenvalue weighted by Gasteiger charge is -2.34. The number of carbonyl (C=O) groups excluding carboxylic acids is 3. The van der Waals surface area contributed by atoms with Crippen molar-refractivity contribution in [1.29, 1.82) is 0 Å². The zero-order valence-electron chi connectivity index (χ0n) is 52.4. The molecule has 5 aliphatic rings. The number of nitrogens with zero attached hydrogens (tertiary/aromatic N) is 6. The van der Waals surface area contributed by atoms with Gasteiger partial charge in [0, 0.05) is 62.1 Å². The predicted molar refractivity (Wildman–Crippen MR) is 369 cm³/mol. The Morgan fingerprint density at radius 2 is 1.36 bits per heavy atom. The number of piperidine rings is 2. The molecule has 11 rings (SSSR count). The highest BCUT2D eigenvalue weighted by atomic mass is 35.5. The van der Waals surface area contributed by atoms with Crippen LogP contribution in [0.2, 0.25) is 25.1 Å². The molecule has 0 radical (unpaired) electrons. The van der Waals surface area contributed by atoms with Gasteiger partial charge in [-0.25, -0.2) is 13.8 Å². The number of aromatic nitrogens is 2. The number of hydrogen-bond acceptors (Lipinski definition) is 12. The number of likely N-dealkylation sites (tertiary alicyclic amines) is 4. The third-order valence-electron chi connectivity index (χ3n) is 17.7. The summed E-state index contributed by atoms with van der Waals surface area (Å²) in [5, 5.41) is 16.3. The smallest absolute Gasteiger partial charge is 0.262 e. The van der Waals surface area contributed by atoms with Gasteiger partial charge >= 0.3 is 0 Å². The van der Waals surface area contributed by atoms with Crippen molar-refractivity contribution in [3.8, 4) is 5.69 Å². The monoisotopic (exact) mass is 1350 g/mol. The van der Waals surface area contributed by atoms with Crippen molar-refractivity contribution in [3.63, 3.8) is 0 Å². The number of nitrogens with two attached hydrogens (primary N) is 2. The van der Waals surface area contributed by atoms with Gasteiger partial charge in [0.05, 0.1) is 68.2 Å². The number of rotatable bonds is 18. The highest BCUT2D eigenvalue weighted by Gasteiger charge is 2.42. The number of para-hydroxylation sites is 2. The Hall–Kier alpha value is -5.45. The molecule has 3 unspecified atom stereocenters. The van der Waals surface area contributed by atoms with E-state index in [1.165, 1.54) is 42.9 Å². The minimum Gasteiger partial charge on any atom is -0.372 e. The predicted octanol–water partition coefficient (Wildman–Crippen LogP) is 11.9. The second-order valence-corrected chi connectivity index (χ2v) is 27.2. The van der Waals surface area contributed by atoms with Crippen LogP contribution >= 0.6 is 58.0 Å². The van der Waals surface area contributed by atoms with Gasteiger partial charge in [0.1, 0.15) is 6.33 Å². The van der Waals surface area contributed by atoms with Crippen molar-refractivity contribution in [2.45, 2.75) is 83.8 Å². The number of carbonyl (C=O) groups is 3. The highest BCUT2D eigenvalue weighted by molar-refractivity contribution is 6.44. The Kier molecular flexibility index (Phi) is 26.8. The lowest BCUT2D eigenvalue weighted by molar-refractivity contribution is -0.123. The molecule has 0 aliphatic carbocycles. The van der Waals surface area contributed by atoms with E-state index in [1.807, 2.05) is 37.6 Å². The molecule has 6 heterocycles. The van der Waals surface area contributed by atoms with Gasteiger partial charge in [0.25, 0.3) is 5.92 Å². The Bertz CT molecular complexity index is 3360. The van der Waals surface area contributed by atoms with E-state index >= 15 is 0 Å². The first-order valence-corrected chi connectivity index (χ1v) is 33.3. The maximum Gasteiger partial charge on any atom is 0.262 e. The Morgan fingerprint density at radius 3 is 2.00 bits per heavy atom. The van der Waals surface area contributed by atoms with E-state index in [9.17, 15) is 23.2 Å². The van der Waals surface area contributed by atoms with E-state index in [2.05, 4.69) is 125 Å². The van der Waals surface area contributed by atoms with Crippen LogP contribution in [0.15, 0.2) is 116 Å². The molecule has 9 N–H and O–H groups in total. The molecule has 5 aromatic carbocycles. The average molecular weight is 1350 g/mol. The minimum atomic E-state index is -2.78. The molecule has 23 heteroatoms. The molecule has 0 bridgehead atoms. The van der Waals surface area contributed by atoms with E-state index in [-0.39, 0.29) is 23.1 Å². The number of hydrogen-bond donors (Lipinski definition) is 7. The topological polar surface area (TPSA) is 194 Å². The molecule has 5 fully saturated rings. The van der Waals surface area contributed by atoms with Gasteiger partial charge in [-0.05, 0) is 186 Å². The number of alkyl halides is 2. The summed E-state index contributed by atoms with van der Waals surface area (Å²) in [5.74, 6) is -1.24. The number of anilines is 2. The van der Waals surface area contributed by atoms with Gasteiger partial charge in [-0.15, -0.1) is 0 Å². The van der Waals surface area contributed by atoms with Crippen LogP contribution in [0.25, 0.3) is 22.4 Å². The minimum absolute atomic E-state index is 0.0876. The maximum absolute atomic E-state index is 13.1. The number of fused-ring (bicyclic) bond motifs is 1. The molecule has 5 aliphatic heterocycles. The molecule has 492 valence electrons. The quantitative estimate of drug-likeness (QED) is 0.0403. The van der Waals surface area contributed by atoms with Crippen LogP contribution < -0.4 is 38.1 Å². The van der Waals surface area contributed by atoms with Crippen molar-refractivity contribution in [1.82, 2.24) is 45.1 Å². The summed E-state index contributed by atoms with van der Waals surface area (Å²) in [4.78, 5) is 49.6. The maximum atomic E-state index is 13.1. The van der Waals surface area contributed by atoms with Gasteiger partial charge in [-0.1, -0.05) is 127 Å². The van der Waals surface area contributed by atoms with Crippen LogP contribution in [0.4, 0.5) is 20.2 Å². The molecule has 6 aromatic rings. The summed E-state index contributed by atoms with van der Waals surface area (Å²) in [6, 6.07) is 32.3. The van der Waals surface area contributed by atoms with Gasteiger partial charge in [-0.2, -0.15) is 0 Å². The van der Waals surface area contributed by atoms with E-state index in [4.69, 9.17) is 69.5 Å². The molecule has 16 nitrogen and oxygen atoms in total. The zero-order chi connectivity index (χ0) is 65.2. The van der Waals surface area contributed by atoms with Crippen LogP contribution in [0.1, 0.15) is 75.5 Å². The first-order valence-electron chi connectivity index (χ1n) is 31.4. The van der Waals surface area contributed by atoms with E-state index < -0.39 is 24.9 Å². The first kappa shape index (κ1) is 71.4. The SMILES string of the molecule is C=C(c1ccc(-n2cnc3ccccc32)cc1)N1CCC(CNC)CC1.CC1(CN)CCN(CC(=O)Nc2cc(Cl)ccc2Cl)C1.CC1CCN(Cc2ccc(CNC(=O)C3CC(F)(F)CN3)cc2)CC1.NCC1CCN(CC(=O)Nc2cc(Cl)c(Cl)cc2Cl)C1. The molecule has 3 amide bonds. The second-order valence-electron chi connectivity index (χ2n) is 25.1. The van der Waals surface area contributed by atoms with Crippen LogP contribution in [-0.2, 0) is 27.5 Å². The fraction of sp³-hybridized carbons (Fsp3) is 0.471. The summed E-state index contributed by atoms with van der Waals surface area (Å²) < 4.78 is 28.4. The lowest BCUT2D eigenvalue weighted by Crippen LogP contribution is -2.40. The summed E-state index contributed by atoms with van der Waals surface area (Å²) in [6.45, 7) is 20.8. The molecule has 3 atom stereocenters. The standard InChI is InChI=1S/C22H26N4.C19H27F2N3O.C14H19Cl2N3O.C13H16Cl3N3O/c1-17(25-13-11-18(12-14-25)15-23-2)19-7-9-20(10-8-19)26-16-24-21-5-3-4-6-22(21)26;1-14-6-8-24(9-7-14)12-16-4-2-15(3-5-16)11-22-18(25)17-10-19(20,21)13-23-17;1-14(8-17)4-5-19(9-14)7-13(20)18-12-6-10(15)2-3-11(12)16;14-9-3-11(16)12(4-10(9)15)18-13(20)7-19-2-1-8(5-17)6-19/h3-10,16,18,23H,1,11-15H2,2H3;2-5,14,17,23H,6-13H2,1H3,(H,22,25);2-3,6H,4-5,7-9,17H2,1H3,(H,18,20);3-4,8H,1-2,5-7,17H2,(H,18,20). The summed E-state index contributed by atoms with van der Waals surface area (Å²) in [7, 11) is 2.04. The molecule has 5 saturated heterocycles. The Labute approximate surface area is 560 Å². The summed E-state index contributed by atoms with van der Waals surface area (Å²) in [6.07, 6.45) is 8.52. The van der Waals surface area contributed by atoms with Gasteiger partial charge < -0.3 is 37.6 Å². The van der Waals surface area contributed by atoms with Crippen LogP contribution in [0, 0.1) is 23.2 Å². The van der Waals surface area contributed by atoms with Crippen LogP contribution in [0.5, 0.6) is 0 Å². The van der Waals surface area contributed by atoms with E-state index in [1.54, 1.807) is 24.3 Å². The number of imidazole rings is 1. The van der Waals surface area contributed by atoms with E-state index in [0.717, 1.165) is 118 Å². The number of halogens is 7. The largest absolute Gasteiger partial charge is 0.372 e. The second kappa shape index (κ2) is 34.1. The third kappa shape index (κ3) is 21.5. The normalized spacial score (nSPS) is 20.4. The Balaban J connectivity index is 0.000000158. The van der Waals surface area contributed by atoms with Crippen molar-refractivity contribution in [2.75, 3.05) is 109 Å². The molecular weight excluding hydrogens is 1260 g/mol. The van der Waals surface area contributed by atoms with Gasteiger partial charge in [0.15, 0.2) is 0 Å². The molecule has 1 aromatic heterocycles. The van der Waals surface area contributed by atoms with Crippen molar-refractivity contribution in [2.24, 2.45) is 34.6 Å². The van der Waals surface area contributed by atoms with Crippen molar-refractivity contribution >= 4 is 104 Å². The number of benzene rings is 5. The van der Waals surface area contributed by atoms with E-state index in [0.29, 0.717) is 75.1 Å². The number of nitrogens with one attached hydrogen (secondary N) is 5. The number of amides is 3. The van der Waals surface area contributed by atoms with Crippen LogP contribution in [-0.4, -0.2) is 158 Å². The zero-order valence-corrected chi connectivity index (χ0v) is 56.2. The molecular formula is C68H88Cl5F2N13O3.